The highest BCUT2D eigenvalue weighted by molar-refractivity contribution is 7.99. The van der Waals surface area contributed by atoms with Gasteiger partial charge < -0.3 is 10.2 Å². The lowest BCUT2D eigenvalue weighted by Crippen LogP contribution is -2.41. The van der Waals surface area contributed by atoms with Gasteiger partial charge in [-0.05, 0) is 5.56 Å². The SMILES string of the molecule is FC(F)(F)C(NCCN1CCSCC1)c1ccccc1. The van der Waals surface area contributed by atoms with Crippen molar-refractivity contribution in [3.63, 3.8) is 0 Å². The molecule has 2 nitrogen and oxygen atoms in total. The third-order valence-corrected chi connectivity index (χ3v) is 4.28. The molecule has 112 valence electrons. The molecular weight excluding hydrogens is 285 g/mol. The number of nitrogens with one attached hydrogen (secondary N) is 1. The van der Waals surface area contributed by atoms with Crippen molar-refractivity contribution in [2.75, 3.05) is 37.7 Å². The third-order valence-electron chi connectivity index (χ3n) is 3.34. The zero-order valence-electron chi connectivity index (χ0n) is 11.2. The second-order valence-corrected chi connectivity index (χ2v) is 6.02. The lowest BCUT2D eigenvalue weighted by atomic mass is 10.1. The zero-order chi connectivity index (χ0) is 14.4. The first-order chi connectivity index (χ1) is 9.57. The Hall–Kier alpha value is -0.720. The molecule has 0 amide bonds. The van der Waals surface area contributed by atoms with Crippen LogP contribution in [-0.2, 0) is 0 Å². The highest BCUT2D eigenvalue weighted by Crippen LogP contribution is 2.32. The van der Waals surface area contributed by atoms with Crippen molar-refractivity contribution < 1.29 is 13.2 Å². The van der Waals surface area contributed by atoms with E-state index in [4.69, 9.17) is 0 Å². The molecule has 1 aromatic carbocycles. The highest BCUT2D eigenvalue weighted by Gasteiger charge is 2.40. The van der Waals surface area contributed by atoms with Crippen molar-refractivity contribution >= 4 is 11.8 Å². The van der Waals surface area contributed by atoms with E-state index >= 15 is 0 Å². The summed E-state index contributed by atoms with van der Waals surface area (Å²) >= 11 is 1.90. The van der Waals surface area contributed by atoms with Crippen molar-refractivity contribution in [1.29, 1.82) is 0 Å². The second kappa shape index (κ2) is 7.33. The van der Waals surface area contributed by atoms with Gasteiger partial charge in [-0.15, -0.1) is 0 Å². The van der Waals surface area contributed by atoms with Crippen LogP contribution in [0.4, 0.5) is 13.2 Å². The molecule has 1 atom stereocenters. The Morgan fingerprint density at radius 1 is 1.15 bits per heavy atom. The minimum absolute atomic E-state index is 0.272. The quantitative estimate of drug-likeness (QED) is 0.900. The number of alkyl halides is 3. The Morgan fingerprint density at radius 2 is 1.80 bits per heavy atom. The van der Waals surface area contributed by atoms with E-state index in [1.165, 1.54) is 12.1 Å². The molecule has 1 fully saturated rings. The first kappa shape index (κ1) is 15.7. The van der Waals surface area contributed by atoms with E-state index in [0.29, 0.717) is 13.1 Å². The maximum absolute atomic E-state index is 13.1. The molecule has 20 heavy (non-hydrogen) atoms. The van der Waals surface area contributed by atoms with Gasteiger partial charge in [-0.25, -0.2) is 0 Å². The summed E-state index contributed by atoms with van der Waals surface area (Å²) in [4.78, 5) is 2.21. The summed E-state index contributed by atoms with van der Waals surface area (Å²) in [5, 5.41) is 2.65. The molecule has 0 aliphatic carbocycles. The van der Waals surface area contributed by atoms with Gasteiger partial charge in [0.1, 0.15) is 6.04 Å². The van der Waals surface area contributed by atoms with Crippen LogP contribution in [0.1, 0.15) is 11.6 Å². The number of hydrogen-bond donors (Lipinski definition) is 1. The molecule has 0 aromatic heterocycles. The van der Waals surface area contributed by atoms with Gasteiger partial charge in [-0.1, -0.05) is 30.3 Å². The summed E-state index contributed by atoms with van der Waals surface area (Å²) in [6.45, 7) is 2.95. The minimum atomic E-state index is -4.26. The molecule has 0 radical (unpaired) electrons. The Balaban J connectivity index is 1.88. The van der Waals surface area contributed by atoms with E-state index in [1.54, 1.807) is 18.2 Å². The van der Waals surface area contributed by atoms with Crippen LogP contribution in [0, 0.1) is 0 Å². The van der Waals surface area contributed by atoms with Crippen molar-refractivity contribution in [2.45, 2.75) is 12.2 Å². The lowest BCUT2D eigenvalue weighted by Gasteiger charge is -2.28. The summed E-state index contributed by atoms with van der Waals surface area (Å²) in [6, 6.07) is 6.45. The Bertz CT molecular complexity index is 391. The monoisotopic (exact) mass is 304 g/mol. The molecule has 1 aromatic rings. The van der Waals surface area contributed by atoms with Crippen molar-refractivity contribution in [3.05, 3.63) is 35.9 Å². The van der Waals surface area contributed by atoms with E-state index in [1.807, 2.05) is 11.8 Å². The fourth-order valence-electron chi connectivity index (χ4n) is 2.26. The molecule has 1 aliphatic heterocycles. The highest BCUT2D eigenvalue weighted by atomic mass is 32.2. The fourth-order valence-corrected chi connectivity index (χ4v) is 3.24. The summed E-state index contributed by atoms with van der Waals surface area (Å²) in [6.07, 6.45) is -4.26. The predicted molar refractivity (Wildman–Crippen MR) is 77.0 cm³/mol. The van der Waals surface area contributed by atoms with E-state index in [9.17, 15) is 13.2 Å². The Labute approximate surface area is 121 Å². The largest absolute Gasteiger partial charge is 0.407 e. The first-order valence-corrected chi connectivity index (χ1v) is 7.88. The maximum atomic E-state index is 13.1. The summed E-state index contributed by atoms with van der Waals surface area (Å²) < 4.78 is 39.3. The molecule has 1 saturated heterocycles. The van der Waals surface area contributed by atoms with Gasteiger partial charge in [0, 0.05) is 37.7 Å². The van der Waals surface area contributed by atoms with Gasteiger partial charge in [0.25, 0.3) is 0 Å². The molecular formula is C14H19F3N2S. The Kier molecular flexibility index (Phi) is 5.74. The van der Waals surface area contributed by atoms with E-state index in [-0.39, 0.29) is 5.56 Å². The van der Waals surface area contributed by atoms with E-state index in [0.717, 1.165) is 24.6 Å². The van der Waals surface area contributed by atoms with Crippen LogP contribution in [0.2, 0.25) is 0 Å². The van der Waals surface area contributed by atoms with Gasteiger partial charge in [0.2, 0.25) is 0 Å². The van der Waals surface area contributed by atoms with Crippen LogP contribution in [-0.4, -0.2) is 48.8 Å². The number of benzene rings is 1. The third kappa shape index (κ3) is 4.68. The van der Waals surface area contributed by atoms with Crippen molar-refractivity contribution in [3.8, 4) is 0 Å². The molecule has 1 unspecified atom stereocenters. The lowest BCUT2D eigenvalue weighted by molar-refractivity contribution is -0.157. The van der Waals surface area contributed by atoms with Crippen LogP contribution >= 0.6 is 11.8 Å². The second-order valence-electron chi connectivity index (χ2n) is 4.79. The van der Waals surface area contributed by atoms with E-state index in [2.05, 4.69) is 10.2 Å². The smallest absolute Gasteiger partial charge is 0.301 e. The minimum Gasteiger partial charge on any atom is -0.301 e. The molecule has 1 heterocycles. The number of hydrogen-bond acceptors (Lipinski definition) is 3. The van der Waals surface area contributed by atoms with Gasteiger partial charge in [-0.3, -0.25) is 0 Å². The van der Waals surface area contributed by atoms with Crippen LogP contribution < -0.4 is 5.32 Å². The predicted octanol–water partition coefficient (Wildman–Crippen LogP) is 2.93. The van der Waals surface area contributed by atoms with Crippen LogP contribution in [0.25, 0.3) is 0 Å². The average Bonchev–Trinajstić information content (AvgIpc) is 2.44. The van der Waals surface area contributed by atoms with Crippen LogP contribution in [0.5, 0.6) is 0 Å². The molecule has 2 rings (SSSR count). The molecule has 1 aliphatic rings. The van der Waals surface area contributed by atoms with Crippen molar-refractivity contribution in [1.82, 2.24) is 10.2 Å². The van der Waals surface area contributed by atoms with Gasteiger partial charge in [0.15, 0.2) is 0 Å². The molecule has 0 spiro atoms. The van der Waals surface area contributed by atoms with Gasteiger partial charge in [-0.2, -0.15) is 24.9 Å². The number of nitrogens with zero attached hydrogens (tertiary/aromatic N) is 1. The fraction of sp³-hybridized carbons (Fsp3) is 0.571. The van der Waals surface area contributed by atoms with Crippen LogP contribution in [0.15, 0.2) is 30.3 Å². The Morgan fingerprint density at radius 3 is 2.40 bits per heavy atom. The van der Waals surface area contributed by atoms with Crippen LogP contribution in [0.3, 0.4) is 0 Å². The van der Waals surface area contributed by atoms with Crippen molar-refractivity contribution in [2.24, 2.45) is 0 Å². The summed E-state index contributed by atoms with van der Waals surface area (Å²) in [5.41, 5.74) is 0.272. The average molecular weight is 304 g/mol. The maximum Gasteiger partial charge on any atom is 0.407 e. The molecule has 0 bridgehead atoms. The van der Waals surface area contributed by atoms with Gasteiger partial charge >= 0.3 is 6.18 Å². The molecule has 1 N–H and O–H groups in total. The first-order valence-electron chi connectivity index (χ1n) is 6.72. The number of thioether (sulfide) groups is 1. The zero-order valence-corrected chi connectivity index (χ0v) is 12.0. The number of rotatable bonds is 5. The number of halogens is 3. The molecule has 6 heteroatoms. The summed E-state index contributed by atoms with van der Waals surface area (Å²) in [5.74, 6) is 2.14. The standard InChI is InChI=1S/C14H19F3N2S/c15-14(16,17)13(12-4-2-1-3-5-12)18-6-7-19-8-10-20-11-9-19/h1-5,13,18H,6-11H2. The normalized spacial score (nSPS) is 18.9. The topological polar surface area (TPSA) is 15.3 Å². The molecule has 0 saturated carbocycles. The van der Waals surface area contributed by atoms with E-state index < -0.39 is 12.2 Å². The summed E-state index contributed by atoms with van der Waals surface area (Å²) in [7, 11) is 0. The van der Waals surface area contributed by atoms with Gasteiger partial charge in [0.05, 0.1) is 0 Å².